The van der Waals surface area contributed by atoms with Crippen LogP contribution in [0.2, 0.25) is 0 Å². The van der Waals surface area contributed by atoms with E-state index in [0.717, 1.165) is 28.3 Å². The molecule has 0 fully saturated rings. The first-order valence-corrected chi connectivity index (χ1v) is 7.80. The molecule has 3 heterocycles. The summed E-state index contributed by atoms with van der Waals surface area (Å²) in [6, 6.07) is 2.41. The first-order chi connectivity index (χ1) is 10.0. The topological polar surface area (TPSA) is 55.6 Å². The van der Waals surface area contributed by atoms with Gasteiger partial charge in [0.15, 0.2) is 5.65 Å². The van der Waals surface area contributed by atoms with Gasteiger partial charge in [0, 0.05) is 36.2 Å². The van der Waals surface area contributed by atoms with Crippen LogP contribution in [0.5, 0.6) is 0 Å². The molecular weight excluding hydrogens is 282 g/mol. The van der Waals surface area contributed by atoms with Crippen LogP contribution in [-0.2, 0) is 13.6 Å². The van der Waals surface area contributed by atoms with E-state index in [1.54, 1.807) is 11.3 Å². The standard InChI is InChI=1S/C15H19N5S/c1-9-6-18-15(21-9)11(3)16-7-12-5-13-10(2)19-20(4)14(13)17-8-12/h5-6,8,11,16H,7H2,1-4H3. The Labute approximate surface area is 128 Å². The molecule has 0 saturated carbocycles. The Balaban J connectivity index is 1.74. The quantitative estimate of drug-likeness (QED) is 0.805. The molecular formula is C15H19N5S. The fourth-order valence-corrected chi connectivity index (χ4v) is 3.18. The number of hydrogen-bond acceptors (Lipinski definition) is 5. The van der Waals surface area contributed by atoms with E-state index in [2.05, 4.69) is 40.3 Å². The number of hydrogen-bond donors (Lipinski definition) is 1. The number of nitrogens with zero attached hydrogens (tertiary/aromatic N) is 4. The van der Waals surface area contributed by atoms with Gasteiger partial charge < -0.3 is 5.32 Å². The molecule has 0 spiro atoms. The van der Waals surface area contributed by atoms with E-state index >= 15 is 0 Å². The van der Waals surface area contributed by atoms with Gasteiger partial charge >= 0.3 is 0 Å². The minimum Gasteiger partial charge on any atom is -0.304 e. The van der Waals surface area contributed by atoms with Gasteiger partial charge in [-0.1, -0.05) is 0 Å². The van der Waals surface area contributed by atoms with Crippen molar-refractivity contribution in [2.45, 2.75) is 33.4 Å². The van der Waals surface area contributed by atoms with Crippen molar-refractivity contribution in [1.29, 1.82) is 0 Å². The fraction of sp³-hybridized carbons (Fsp3) is 0.400. The second-order valence-corrected chi connectivity index (χ2v) is 6.60. The molecule has 0 aliphatic carbocycles. The van der Waals surface area contributed by atoms with Crippen molar-refractivity contribution in [3.63, 3.8) is 0 Å². The number of thiazole rings is 1. The van der Waals surface area contributed by atoms with Crippen LogP contribution in [0.15, 0.2) is 18.5 Å². The Bertz CT molecular complexity index is 774. The van der Waals surface area contributed by atoms with Crippen LogP contribution < -0.4 is 5.32 Å². The van der Waals surface area contributed by atoms with Gasteiger partial charge in [-0.15, -0.1) is 11.3 Å². The van der Waals surface area contributed by atoms with Crippen molar-refractivity contribution < 1.29 is 0 Å². The van der Waals surface area contributed by atoms with Crippen molar-refractivity contribution in [3.05, 3.63) is 39.6 Å². The summed E-state index contributed by atoms with van der Waals surface area (Å²) in [7, 11) is 1.92. The van der Waals surface area contributed by atoms with E-state index in [1.807, 2.05) is 31.0 Å². The molecule has 0 bridgehead atoms. The molecule has 1 unspecified atom stereocenters. The summed E-state index contributed by atoms with van der Waals surface area (Å²) in [5.74, 6) is 0. The Morgan fingerprint density at radius 2 is 2.10 bits per heavy atom. The summed E-state index contributed by atoms with van der Waals surface area (Å²) in [6.07, 6.45) is 3.83. The predicted molar refractivity (Wildman–Crippen MR) is 85.4 cm³/mol. The van der Waals surface area contributed by atoms with Crippen LogP contribution in [0.1, 0.15) is 34.1 Å². The highest BCUT2D eigenvalue weighted by Crippen LogP contribution is 2.20. The highest BCUT2D eigenvalue weighted by atomic mass is 32.1. The summed E-state index contributed by atoms with van der Waals surface area (Å²) >= 11 is 1.74. The molecule has 3 aromatic rings. The Morgan fingerprint density at radius 3 is 2.81 bits per heavy atom. The van der Waals surface area contributed by atoms with Crippen LogP contribution in [-0.4, -0.2) is 19.7 Å². The maximum Gasteiger partial charge on any atom is 0.157 e. The Morgan fingerprint density at radius 1 is 1.29 bits per heavy atom. The first kappa shape index (κ1) is 14.2. The third kappa shape index (κ3) is 2.82. The summed E-state index contributed by atoms with van der Waals surface area (Å²) in [5, 5.41) is 10.1. The number of fused-ring (bicyclic) bond motifs is 1. The third-order valence-electron chi connectivity index (χ3n) is 3.54. The van der Waals surface area contributed by atoms with Crippen molar-refractivity contribution in [3.8, 4) is 0 Å². The molecule has 6 heteroatoms. The minimum absolute atomic E-state index is 0.245. The minimum atomic E-state index is 0.245. The third-order valence-corrected chi connectivity index (χ3v) is 4.64. The number of aromatic nitrogens is 4. The molecule has 0 aliphatic rings. The van der Waals surface area contributed by atoms with Gasteiger partial charge in [0.1, 0.15) is 5.01 Å². The average Bonchev–Trinajstić information content (AvgIpc) is 3.01. The summed E-state index contributed by atoms with van der Waals surface area (Å²) in [4.78, 5) is 10.2. The van der Waals surface area contributed by atoms with Crippen LogP contribution in [0.4, 0.5) is 0 Å². The fourth-order valence-electron chi connectivity index (χ4n) is 2.38. The summed E-state index contributed by atoms with van der Waals surface area (Å²) in [6.45, 7) is 7.01. The zero-order valence-electron chi connectivity index (χ0n) is 12.7. The molecule has 21 heavy (non-hydrogen) atoms. The molecule has 0 aromatic carbocycles. The monoisotopic (exact) mass is 301 g/mol. The average molecular weight is 301 g/mol. The first-order valence-electron chi connectivity index (χ1n) is 6.98. The number of aryl methyl sites for hydroxylation is 3. The number of nitrogens with one attached hydrogen (secondary N) is 1. The van der Waals surface area contributed by atoms with E-state index in [9.17, 15) is 0 Å². The lowest BCUT2D eigenvalue weighted by atomic mass is 10.2. The zero-order valence-corrected chi connectivity index (χ0v) is 13.5. The maximum atomic E-state index is 4.50. The largest absolute Gasteiger partial charge is 0.304 e. The number of pyridine rings is 1. The van der Waals surface area contributed by atoms with E-state index < -0.39 is 0 Å². The van der Waals surface area contributed by atoms with E-state index in [-0.39, 0.29) is 6.04 Å². The lowest BCUT2D eigenvalue weighted by molar-refractivity contribution is 0.571. The van der Waals surface area contributed by atoms with Crippen LogP contribution in [0.3, 0.4) is 0 Å². The second kappa shape index (κ2) is 5.54. The van der Waals surface area contributed by atoms with Crippen LogP contribution >= 0.6 is 11.3 Å². The molecule has 0 aliphatic heterocycles. The summed E-state index contributed by atoms with van der Waals surface area (Å²) < 4.78 is 1.82. The smallest absolute Gasteiger partial charge is 0.157 e. The van der Waals surface area contributed by atoms with Gasteiger partial charge in [-0.05, 0) is 32.4 Å². The second-order valence-electron chi connectivity index (χ2n) is 5.34. The molecule has 0 amide bonds. The van der Waals surface area contributed by atoms with Crippen molar-refractivity contribution in [2.75, 3.05) is 0 Å². The number of rotatable bonds is 4. The highest BCUT2D eigenvalue weighted by Gasteiger charge is 2.10. The Kier molecular flexibility index (Phi) is 3.73. The SMILES string of the molecule is Cc1cnc(C(C)NCc2cnc3c(c2)c(C)nn3C)s1. The van der Waals surface area contributed by atoms with E-state index in [1.165, 1.54) is 10.4 Å². The van der Waals surface area contributed by atoms with Crippen molar-refractivity contribution in [1.82, 2.24) is 25.1 Å². The molecule has 3 rings (SSSR count). The van der Waals surface area contributed by atoms with Crippen LogP contribution in [0, 0.1) is 13.8 Å². The Hall–Kier alpha value is -1.79. The lowest BCUT2D eigenvalue weighted by Crippen LogP contribution is -2.18. The molecule has 3 aromatic heterocycles. The van der Waals surface area contributed by atoms with Crippen LogP contribution in [0.25, 0.3) is 11.0 Å². The van der Waals surface area contributed by atoms with E-state index in [0.29, 0.717) is 0 Å². The van der Waals surface area contributed by atoms with Gasteiger partial charge in [-0.2, -0.15) is 5.10 Å². The molecule has 1 atom stereocenters. The highest BCUT2D eigenvalue weighted by molar-refractivity contribution is 7.11. The summed E-state index contributed by atoms with van der Waals surface area (Å²) in [5.41, 5.74) is 3.11. The predicted octanol–water partition coefficient (Wildman–Crippen LogP) is 2.89. The van der Waals surface area contributed by atoms with Crippen molar-refractivity contribution in [2.24, 2.45) is 7.05 Å². The van der Waals surface area contributed by atoms with Gasteiger partial charge in [0.05, 0.1) is 11.7 Å². The maximum absolute atomic E-state index is 4.50. The molecule has 5 nitrogen and oxygen atoms in total. The molecule has 0 radical (unpaired) electrons. The van der Waals surface area contributed by atoms with Gasteiger partial charge in [-0.3, -0.25) is 4.68 Å². The van der Waals surface area contributed by atoms with Gasteiger partial charge in [0.25, 0.3) is 0 Å². The van der Waals surface area contributed by atoms with Gasteiger partial charge in [-0.25, -0.2) is 9.97 Å². The van der Waals surface area contributed by atoms with Crippen molar-refractivity contribution >= 4 is 22.4 Å². The molecule has 0 saturated heterocycles. The molecule has 110 valence electrons. The normalized spacial score (nSPS) is 13.0. The zero-order chi connectivity index (χ0) is 15.0. The van der Waals surface area contributed by atoms with E-state index in [4.69, 9.17) is 0 Å². The van der Waals surface area contributed by atoms with Gasteiger partial charge in [0.2, 0.25) is 0 Å². The molecule has 1 N–H and O–H groups in total. The lowest BCUT2D eigenvalue weighted by Gasteiger charge is -2.11.